The third kappa shape index (κ3) is 4.88. The van der Waals surface area contributed by atoms with E-state index < -0.39 is 8.07 Å². The van der Waals surface area contributed by atoms with Crippen LogP contribution >= 0.6 is 0 Å². The molecular weight excluding hydrogens is 625 g/mol. The van der Waals surface area contributed by atoms with Gasteiger partial charge in [0.05, 0.1) is 45.9 Å². The highest BCUT2D eigenvalue weighted by Gasteiger charge is 2.43. The Morgan fingerprint density at radius 3 is 1.48 bits per heavy atom. The number of nitrogens with zero attached hydrogens (tertiary/aromatic N) is 4. The quantitative estimate of drug-likeness (QED) is 0.138. The van der Waals surface area contributed by atoms with Crippen LogP contribution < -0.4 is 20.7 Å². The van der Waals surface area contributed by atoms with Crippen LogP contribution in [0.15, 0.2) is 170 Å². The number of hydrogen-bond donors (Lipinski definition) is 0. The monoisotopic (exact) mass is 652 g/mol. The minimum atomic E-state index is -2.94. The third-order valence-corrected chi connectivity index (χ3v) is 14.4. The molecule has 0 amide bonds. The van der Waals surface area contributed by atoms with Crippen LogP contribution in [-0.2, 0) is 0 Å². The van der Waals surface area contributed by atoms with Gasteiger partial charge in [-0.15, -0.1) is 0 Å². The molecule has 8 rings (SSSR count). The van der Waals surface area contributed by atoms with Crippen molar-refractivity contribution in [2.75, 3.05) is 0 Å². The molecule has 4 nitrogen and oxygen atoms in total. The molecule has 0 spiro atoms. The summed E-state index contributed by atoms with van der Waals surface area (Å²) < 4.78 is 2.20. The fraction of sp³-hybridized carbons (Fsp3) is 0. The van der Waals surface area contributed by atoms with Crippen molar-refractivity contribution in [3.8, 4) is 35.0 Å². The Morgan fingerprint density at radius 1 is 0.420 bits per heavy atom. The summed E-state index contributed by atoms with van der Waals surface area (Å²) in [5.74, 6) is 0. The molecule has 0 atom stereocenters. The van der Waals surface area contributed by atoms with Crippen LogP contribution in [-0.4, -0.2) is 12.6 Å². The molecule has 8 aromatic rings. The van der Waals surface area contributed by atoms with Gasteiger partial charge in [0.25, 0.3) is 0 Å². The normalized spacial score (nSPS) is 11.1. The van der Waals surface area contributed by atoms with Crippen molar-refractivity contribution in [1.29, 1.82) is 15.8 Å². The second-order valence-electron chi connectivity index (χ2n) is 12.3. The summed E-state index contributed by atoms with van der Waals surface area (Å²) in [5.41, 5.74) is 6.95. The molecule has 1 heterocycles. The maximum absolute atomic E-state index is 10.00. The zero-order valence-corrected chi connectivity index (χ0v) is 28.0. The molecule has 0 aliphatic carbocycles. The summed E-state index contributed by atoms with van der Waals surface area (Å²) in [6, 6.07) is 65.3. The van der Waals surface area contributed by atoms with Gasteiger partial charge in [0.2, 0.25) is 0 Å². The van der Waals surface area contributed by atoms with Crippen molar-refractivity contribution in [1.82, 2.24) is 4.57 Å². The lowest BCUT2D eigenvalue weighted by atomic mass is 10.1. The van der Waals surface area contributed by atoms with Crippen molar-refractivity contribution in [3.63, 3.8) is 0 Å². The molecule has 0 unspecified atom stereocenters. The van der Waals surface area contributed by atoms with Gasteiger partial charge in [0, 0.05) is 16.5 Å². The van der Waals surface area contributed by atoms with Crippen molar-refractivity contribution in [3.05, 3.63) is 187 Å². The van der Waals surface area contributed by atoms with Crippen molar-refractivity contribution in [2.45, 2.75) is 0 Å². The minimum absolute atomic E-state index is 0.579. The van der Waals surface area contributed by atoms with Gasteiger partial charge in [0.1, 0.15) is 0 Å². The summed E-state index contributed by atoms with van der Waals surface area (Å²) in [6.07, 6.45) is 0. The zero-order chi connectivity index (χ0) is 34.1. The summed E-state index contributed by atoms with van der Waals surface area (Å²) in [6.45, 7) is 0. The predicted molar refractivity (Wildman–Crippen MR) is 204 cm³/mol. The fourth-order valence-corrected chi connectivity index (χ4v) is 12.5. The number of rotatable bonds is 6. The summed E-state index contributed by atoms with van der Waals surface area (Å²) in [7, 11) is -2.94. The minimum Gasteiger partial charge on any atom is -0.309 e. The first kappa shape index (κ1) is 30.4. The van der Waals surface area contributed by atoms with Gasteiger partial charge in [-0.2, -0.15) is 15.8 Å². The van der Waals surface area contributed by atoms with E-state index in [9.17, 15) is 15.8 Å². The zero-order valence-electron chi connectivity index (χ0n) is 27.0. The number of aromatic nitrogens is 1. The van der Waals surface area contributed by atoms with E-state index in [1.54, 1.807) is 0 Å². The summed E-state index contributed by atoms with van der Waals surface area (Å²) >= 11 is 0. The highest BCUT2D eigenvalue weighted by Crippen LogP contribution is 2.34. The van der Waals surface area contributed by atoms with E-state index in [2.05, 4.69) is 144 Å². The SMILES string of the molecule is N#Cc1cccc([Si](c2ccccc2)(c2ccccc2)c2ccccc2-c2ccc(-n3c4ccc(C#N)cc4c4cc(C#N)ccc43)cc2)c1. The third-order valence-electron chi connectivity index (χ3n) is 9.63. The fourth-order valence-electron chi connectivity index (χ4n) is 7.46. The molecule has 0 bridgehead atoms. The van der Waals surface area contributed by atoms with Crippen LogP contribution in [0.25, 0.3) is 38.6 Å². The molecule has 0 aliphatic rings. The second-order valence-corrected chi connectivity index (χ2v) is 16.1. The molecule has 232 valence electrons. The summed E-state index contributed by atoms with van der Waals surface area (Å²) in [5, 5.41) is 36.0. The molecule has 0 aliphatic heterocycles. The molecule has 1 aromatic heterocycles. The Morgan fingerprint density at radius 2 is 0.920 bits per heavy atom. The van der Waals surface area contributed by atoms with Crippen LogP contribution in [0.3, 0.4) is 0 Å². The Hall–Kier alpha value is -6.97. The predicted octanol–water partition coefficient (Wildman–Crippen LogP) is 7.44. The van der Waals surface area contributed by atoms with E-state index in [-0.39, 0.29) is 0 Å². The first-order valence-electron chi connectivity index (χ1n) is 16.4. The first-order chi connectivity index (χ1) is 24.6. The van der Waals surface area contributed by atoms with Gasteiger partial charge in [-0.05, 0) is 92.5 Å². The number of fused-ring (bicyclic) bond motifs is 3. The van der Waals surface area contributed by atoms with E-state index in [1.807, 2.05) is 48.5 Å². The van der Waals surface area contributed by atoms with Crippen LogP contribution in [0, 0.1) is 34.0 Å². The highest BCUT2D eigenvalue weighted by atomic mass is 28.3. The standard InChI is InChI=1S/C45H28N4Si/c46-29-32-10-9-15-39(26-32)50(37-11-3-1-4-12-37,38-13-5-2-6-14-38)45-17-8-7-16-40(45)35-20-22-36(23-21-35)49-43-24-18-33(30-47)27-41(43)42-28-34(31-48)19-25-44(42)49/h1-28H. The Bertz CT molecular complexity index is 2560. The van der Waals surface area contributed by atoms with Crippen molar-refractivity contribution < 1.29 is 0 Å². The molecule has 0 fully saturated rings. The van der Waals surface area contributed by atoms with Gasteiger partial charge in [-0.3, -0.25) is 0 Å². The largest absolute Gasteiger partial charge is 0.309 e. The van der Waals surface area contributed by atoms with Crippen LogP contribution in [0.4, 0.5) is 0 Å². The van der Waals surface area contributed by atoms with Gasteiger partial charge < -0.3 is 4.57 Å². The van der Waals surface area contributed by atoms with Gasteiger partial charge in [-0.1, -0.05) is 109 Å². The van der Waals surface area contributed by atoms with Crippen LogP contribution in [0.1, 0.15) is 16.7 Å². The lowest BCUT2D eigenvalue weighted by Crippen LogP contribution is -2.75. The smallest absolute Gasteiger partial charge is 0.180 e. The van der Waals surface area contributed by atoms with E-state index in [0.29, 0.717) is 16.7 Å². The number of nitriles is 3. The first-order valence-corrected chi connectivity index (χ1v) is 18.4. The van der Waals surface area contributed by atoms with E-state index in [1.165, 1.54) is 15.6 Å². The number of benzene rings is 7. The van der Waals surface area contributed by atoms with Gasteiger partial charge in [0.15, 0.2) is 8.07 Å². The topological polar surface area (TPSA) is 76.3 Å². The maximum Gasteiger partial charge on any atom is 0.180 e. The Balaban J connectivity index is 1.36. The number of hydrogen-bond acceptors (Lipinski definition) is 3. The summed E-state index contributed by atoms with van der Waals surface area (Å²) in [4.78, 5) is 0. The molecule has 5 heteroatoms. The van der Waals surface area contributed by atoms with Crippen molar-refractivity contribution in [2.24, 2.45) is 0 Å². The molecule has 0 saturated heterocycles. The molecule has 0 radical (unpaired) electrons. The van der Waals surface area contributed by atoms with E-state index >= 15 is 0 Å². The van der Waals surface area contributed by atoms with Crippen LogP contribution in [0.2, 0.25) is 0 Å². The Kier molecular flexibility index (Phi) is 7.63. The molecule has 50 heavy (non-hydrogen) atoms. The molecule has 0 N–H and O–H groups in total. The maximum atomic E-state index is 10.00. The van der Waals surface area contributed by atoms with Crippen LogP contribution in [0.5, 0.6) is 0 Å². The van der Waals surface area contributed by atoms with E-state index in [4.69, 9.17) is 0 Å². The van der Waals surface area contributed by atoms with Gasteiger partial charge >= 0.3 is 0 Å². The molecule has 7 aromatic carbocycles. The molecular formula is C45H28N4Si. The average Bonchev–Trinajstić information content (AvgIpc) is 3.52. The lowest BCUT2D eigenvalue weighted by Gasteiger charge is -2.36. The molecule has 0 saturated carbocycles. The van der Waals surface area contributed by atoms with E-state index in [0.717, 1.165) is 43.8 Å². The lowest BCUT2D eigenvalue weighted by molar-refractivity contribution is 1.18. The van der Waals surface area contributed by atoms with Crippen molar-refractivity contribution >= 4 is 50.6 Å². The highest BCUT2D eigenvalue weighted by molar-refractivity contribution is 7.20. The second kappa shape index (κ2) is 12.6. The Labute approximate surface area is 291 Å². The van der Waals surface area contributed by atoms with Gasteiger partial charge in [-0.25, -0.2) is 0 Å². The average molecular weight is 653 g/mol.